The first kappa shape index (κ1) is 54.2. The van der Waals surface area contributed by atoms with E-state index in [1.165, 1.54) is 0 Å². The Kier molecular flexibility index (Phi) is 16.5. The molecule has 0 amide bonds. The van der Waals surface area contributed by atoms with Crippen molar-refractivity contribution in [2.24, 2.45) is 34.0 Å². The van der Waals surface area contributed by atoms with E-state index >= 15 is 0 Å². The summed E-state index contributed by atoms with van der Waals surface area (Å²) in [4.78, 5) is 14.4. The van der Waals surface area contributed by atoms with E-state index in [4.69, 9.17) is 33.2 Å². The number of ether oxygens (including phenoxy) is 7. The average Bonchev–Trinajstić information content (AvgIpc) is 3.40. The number of esters is 1. The van der Waals surface area contributed by atoms with E-state index in [1.807, 2.05) is 6.92 Å². The molecule has 26 atom stereocenters. The van der Waals surface area contributed by atoms with E-state index in [9.17, 15) is 76.3 Å². The lowest BCUT2D eigenvalue weighted by Gasteiger charge is -2.62. The first-order valence-corrected chi connectivity index (χ1v) is 24.0. The molecular weight excluding hydrogens is 904 g/mol. The molecule has 14 N–H and O–H groups in total. The van der Waals surface area contributed by atoms with Crippen molar-refractivity contribution in [3.05, 3.63) is 12.2 Å². The van der Waals surface area contributed by atoms with Gasteiger partial charge in [-0.3, -0.25) is 4.79 Å². The zero-order valence-corrected chi connectivity index (χ0v) is 39.1. The molecule has 0 radical (unpaired) electrons. The van der Waals surface area contributed by atoms with Gasteiger partial charge in [0.2, 0.25) is 0 Å². The van der Waals surface area contributed by atoms with Crippen LogP contribution < -0.4 is 0 Å². The fourth-order valence-corrected chi connectivity index (χ4v) is 13.2. The normalized spacial score (nSPS) is 53.5. The number of aliphatic hydroxyl groups is 14. The summed E-state index contributed by atoms with van der Waals surface area (Å²) in [5, 5.41) is 148. The molecule has 0 aromatic heterocycles. The van der Waals surface area contributed by atoms with Crippen LogP contribution in [-0.4, -0.2) is 226 Å². The Morgan fingerprint density at radius 3 is 1.75 bits per heavy atom. The number of aliphatic hydroxyl groups excluding tert-OH is 14. The lowest BCUT2D eigenvalue weighted by Crippen LogP contribution is -2.67. The molecule has 20 unspecified atom stereocenters. The topological polar surface area (TPSA) is 365 Å². The minimum absolute atomic E-state index is 0.00420. The maximum Gasteiger partial charge on any atom is 0.312 e. The SMILES string of the molecule is C=C1C[C@@]2(C)CC[C@H]3[C@@](C)(CCC[C@@]3(C)C(=O)OC3CC(CO)C(O)C(O)C3O)[C@@H]2CC[C@@]1(C)OC1OC(CO)C(O)C(O)C1OC1OC(CO)C(O)C(OC2OC(CO)C(O)C(O)C2O)C1O. The summed E-state index contributed by atoms with van der Waals surface area (Å²) in [6.07, 6.45) is -26.9. The van der Waals surface area contributed by atoms with Crippen LogP contribution in [0.15, 0.2) is 12.2 Å². The van der Waals surface area contributed by atoms with E-state index in [2.05, 4.69) is 20.4 Å². The third-order valence-corrected chi connectivity index (χ3v) is 17.4. The molecule has 7 rings (SSSR count). The van der Waals surface area contributed by atoms with Gasteiger partial charge in [-0.15, -0.1) is 0 Å². The molecule has 392 valence electrons. The summed E-state index contributed by atoms with van der Waals surface area (Å²) in [6, 6.07) is 0. The highest BCUT2D eigenvalue weighted by molar-refractivity contribution is 5.77. The van der Waals surface area contributed by atoms with Crippen molar-refractivity contribution in [2.45, 2.75) is 208 Å². The van der Waals surface area contributed by atoms with Gasteiger partial charge < -0.3 is 105 Å². The molecule has 22 heteroatoms. The lowest BCUT2D eigenvalue weighted by molar-refractivity contribution is -0.390. The molecule has 3 saturated heterocycles. The third kappa shape index (κ3) is 9.58. The Labute approximate surface area is 395 Å². The second-order valence-electron chi connectivity index (χ2n) is 21.6. The van der Waals surface area contributed by atoms with E-state index in [1.54, 1.807) is 6.92 Å². The Hall–Kier alpha value is -1.59. The summed E-state index contributed by atoms with van der Waals surface area (Å²) in [5.74, 6) is -1.45. The Morgan fingerprint density at radius 2 is 1.13 bits per heavy atom. The number of carbonyl (C=O) groups is 1. The highest BCUT2D eigenvalue weighted by atomic mass is 16.8. The minimum atomic E-state index is -2.00. The van der Waals surface area contributed by atoms with E-state index in [0.717, 1.165) is 6.42 Å². The molecule has 3 aliphatic heterocycles. The van der Waals surface area contributed by atoms with Gasteiger partial charge in [0, 0.05) is 12.5 Å². The largest absolute Gasteiger partial charge is 0.459 e. The second-order valence-corrected chi connectivity index (χ2v) is 21.6. The van der Waals surface area contributed by atoms with Crippen LogP contribution in [0.1, 0.15) is 85.5 Å². The third-order valence-electron chi connectivity index (χ3n) is 17.4. The fraction of sp³-hybridized carbons (Fsp3) is 0.935. The van der Waals surface area contributed by atoms with Gasteiger partial charge in [-0.2, -0.15) is 0 Å². The monoisotopic (exact) mass is 980 g/mol. The van der Waals surface area contributed by atoms with Crippen LogP contribution in [0.2, 0.25) is 0 Å². The predicted molar refractivity (Wildman–Crippen MR) is 229 cm³/mol. The molecule has 0 aromatic carbocycles. The Morgan fingerprint density at radius 1 is 0.588 bits per heavy atom. The van der Waals surface area contributed by atoms with Crippen molar-refractivity contribution in [1.29, 1.82) is 0 Å². The number of rotatable bonds is 12. The van der Waals surface area contributed by atoms with Crippen molar-refractivity contribution in [1.82, 2.24) is 0 Å². The zero-order chi connectivity index (χ0) is 50.0. The summed E-state index contributed by atoms with van der Waals surface area (Å²) < 4.78 is 41.9. The van der Waals surface area contributed by atoms with Crippen LogP contribution in [0.3, 0.4) is 0 Å². The number of fused-ring (bicyclic) bond motifs is 3. The van der Waals surface area contributed by atoms with Gasteiger partial charge in [-0.1, -0.05) is 26.8 Å². The van der Waals surface area contributed by atoms with Gasteiger partial charge >= 0.3 is 5.97 Å². The summed E-state index contributed by atoms with van der Waals surface area (Å²) in [5.41, 5.74) is -2.28. The second kappa shape index (κ2) is 20.7. The highest BCUT2D eigenvalue weighted by Gasteiger charge is 2.64. The van der Waals surface area contributed by atoms with Gasteiger partial charge in [0.25, 0.3) is 0 Å². The predicted octanol–water partition coefficient (Wildman–Crippen LogP) is -3.81. The van der Waals surface area contributed by atoms with Gasteiger partial charge in [0.1, 0.15) is 91.6 Å². The summed E-state index contributed by atoms with van der Waals surface area (Å²) >= 11 is 0. The maximum atomic E-state index is 14.4. The molecule has 4 saturated carbocycles. The van der Waals surface area contributed by atoms with Crippen LogP contribution >= 0.6 is 0 Å². The molecule has 7 aliphatic rings. The molecule has 3 heterocycles. The Bertz CT molecular complexity index is 1740. The summed E-state index contributed by atoms with van der Waals surface area (Å²) in [6.45, 7) is 9.74. The van der Waals surface area contributed by atoms with Gasteiger partial charge in [-0.25, -0.2) is 0 Å². The molecular formula is C46H76O22. The zero-order valence-electron chi connectivity index (χ0n) is 39.1. The van der Waals surface area contributed by atoms with Crippen LogP contribution in [-0.2, 0) is 38.0 Å². The molecule has 0 bridgehead atoms. The maximum absolute atomic E-state index is 14.4. The van der Waals surface area contributed by atoms with Crippen molar-refractivity contribution in [3.8, 4) is 0 Å². The molecule has 68 heavy (non-hydrogen) atoms. The smallest absolute Gasteiger partial charge is 0.312 e. The lowest BCUT2D eigenvalue weighted by atomic mass is 9.42. The van der Waals surface area contributed by atoms with Crippen LogP contribution in [0.25, 0.3) is 0 Å². The van der Waals surface area contributed by atoms with E-state index in [-0.39, 0.29) is 23.7 Å². The number of carbonyl (C=O) groups excluding carboxylic acids is 1. The van der Waals surface area contributed by atoms with Gasteiger partial charge in [-0.05, 0) is 93.5 Å². The summed E-state index contributed by atoms with van der Waals surface area (Å²) in [7, 11) is 0. The van der Waals surface area contributed by atoms with Gasteiger partial charge in [0.05, 0.1) is 36.9 Å². The quantitative estimate of drug-likeness (QED) is 0.0658. The first-order chi connectivity index (χ1) is 31.9. The minimum Gasteiger partial charge on any atom is -0.459 e. The van der Waals surface area contributed by atoms with Crippen LogP contribution in [0.4, 0.5) is 0 Å². The molecule has 4 aliphatic carbocycles. The standard InChI is InChI=1S/C46H76O22/c1-19-14-43(2)11-7-26-44(3,9-6-10-45(26,4)42(61)65-21-13-20(15-47)27(51)32(56)28(21)52)25(43)8-12-46(19,5)68-41-38(34(58)30(54)23(17-49)64-41)67-40-36(60)37(31(55)24(18-50)63-40)66-39-35(59)33(57)29(53)22(16-48)62-39/h20-41,47-60H,1,6-18H2,2-5H3/t20?,21?,22?,23?,24?,25-,26+,27?,28?,29?,30?,31?,32?,33?,34?,35?,36?,37?,38?,39?,40?,41?,43-,44+,45-,46-/m1/s1. The first-order valence-electron chi connectivity index (χ1n) is 24.0. The molecule has 22 nitrogen and oxygen atoms in total. The van der Waals surface area contributed by atoms with Crippen molar-refractivity contribution in [3.63, 3.8) is 0 Å². The molecule has 0 aromatic rings. The molecule has 7 fully saturated rings. The van der Waals surface area contributed by atoms with Gasteiger partial charge in [0.15, 0.2) is 18.9 Å². The van der Waals surface area contributed by atoms with E-state index < -0.39 is 171 Å². The van der Waals surface area contributed by atoms with Crippen molar-refractivity contribution >= 4 is 5.97 Å². The highest BCUT2D eigenvalue weighted by Crippen LogP contribution is 2.68. The van der Waals surface area contributed by atoms with Crippen molar-refractivity contribution in [2.75, 3.05) is 26.4 Å². The van der Waals surface area contributed by atoms with Crippen LogP contribution in [0, 0.1) is 34.0 Å². The molecule has 0 spiro atoms. The Balaban J connectivity index is 1.10. The van der Waals surface area contributed by atoms with Crippen LogP contribution in [0.5, 0.6) is 0 Å². The van der Waals surface area contributed by atoms with Crippen molar-refractivity contribution < 1.29 is 109 Å². The number of hydrogen-bond donors (Lipinski definition) is 14. The average molecular weight is 981 g/mol. The number of hydrogen-bond acceptors (Lipinski definition) is 22. The fourth-order valence-electron chi connectivity index (χ4n) is 13.2. The van der Waals surface area contributed by atoms with E-state index in [0.29, 0.717) is 50.5 Å².